The van der Waals surface area contributed by atoms with Crippen molar-refractivity contribution in [2.45, 2.75) is 13.1 Å². The summed E-state index contributed by atoms with van der Waals surface area (Å²) in [7, 11) is 0. The molecule has 6 heteroatoms. The predicted octanol–water partition coefficient (Wildman–Crippen LogP) is 3.68. The van der Waals surface area contributed by atoms with E-state index in [0.717, 1.165) is 5.56 Å². The SMILES string of the molecule is O=[N+]([O-])c1cc(CNCc2ccccc2F)ccc1Cl. The average Bonchev–Trinajstić information content (AvgIpc) is 2.42. The second-order valence-corrected chi connectivity index (χ2v) is 4.65. The van der Waals surface area contributed by atoms with E-state index >= 15 is 0 Å². The Kier molecular flexibility index (Phi) is 4.65. The van der Waals surface area contributed by atoms with Gasteiger partial charge in [0.05, 0.1) is 4.92 Å². The Morgan fingerprint density at radius 2 is 1.95 bits per heavy atom. The minimum absolute atomic E-state index is 0.104. The van der Waals surface area contributed by atoms with Crippen molar-refractivity contribution in [1.29, 1.82) is 0 Å². The minimum Gasteiger partial charge on any atom is -0.309 e. The summed E-state index contributed by atoms with van der Waals surface area (Å²) in [5.74, 6) is -0.276. The zero-order valence-corrected chi connectivity index (χ0v) is 11.2. The monoisotopic (exact) mass is 294 g/mol. The summed E-state index contributed by atoms with van der Waals surface area (Å²) in [5.41, 5.74) is 1.14. The van der Waals surface area contributed by atoms with E-state index in [1.807, 2.05) is 0 Å². The van der Waals surface area contributed by atoms with Crippen LogP contribution in [0.5, 0.6) is 0 Å². The third-order valence-electron chi connectivity index (χ3n) is 2.81. The van der Waals surface area contributed by atoms with Crippen molar-refractivity contribution in [3.05, 3.63) is 74.5 Å². The van der Waals surface area contributed by atoms with E-state index in [4.69, 9.17) is 11.6 Å². The molecule has 0 saturated carbocycles. The highest BCUT2D eigenvalue weighted by molar-refractivity contribution is 6.32. The molecule has 0 unspecified atom stereocenters. The van der Waals surface area contributed by atoms with Crippen LogP contribution >= 0.6 is 11.6 Å². The largest absolute Gasteiger partial charge is 0.309 e. The number of hydrogen-bond acceptors (Lipinski definition) is 3. The number of halogens is 2. The van der Waals surface area contributed by atoms with Crippen LogP contribution in [0.2, 0.25) is 5.02 Å². The van der Waals surface area contributed by atoms with Crippen molar-refractivity contribution in [2.24, 2.45) is 0 Å². The van der Waals surface area contributed by atoms with Crippen LogP contribution in [0.4, 0.5) is 10.1 Å². The summed E-state index contributed by atoms with van der Waals surface area (Å²) in [6.07, 6.45) is 0. The molecule has 2 aromatic carbocycles. The van der Waals surface area contributed by atoms with Crippen LogP contribution in [0.15, 0.2) is 42.5 Å². The number of nitro benzene ring substituents is 1. The van der Waals surface area contributed by atoms with Crippen molar-refractivity contribution in [3.63, 3.8) is 0 Å². The van der Waals surface area contributed by atoms with E-state index in [0.29, 0.717) is 18.7 Å². The number of nitrogens with zero attached hydrogens (tertiary/aromatic N) is 1. The smallest absolute Gasteiger partial charge is 0.288 e. The van der Waals surface area contributed by atoms with Crippen LogP contribution in [0.25, 0.3) is 0 Å². The molecule has 0 aromatic heterocycles. The van der Waals surface area contributed by atoms with Gasteiger partial charge in [-0.05, 0) is 17.7 Å². The molecule has 2 rings (SSSR count). The van der Waals surface area contributed by atoms with Crippen molar-refractivity contribution < 1.29 is 9.31 Å². The molecular formula is C14H12ClFN2O2. The molecule has 0 aliphatic rings. The molecule has 0 aliphatic heterocycles. The minimum atomic E-state index is -0.525. The van der Waals surface area contributed by atoms with Gasteiger partial charge >= 0.3 is 0 Å². The summed E-state index contributed by atoms with van der Waals surface area (Å²) in [4.78, 5) is 10.2. The number of nitrogens with one attached hydrogen (secondary N) is 1. The summed E-state index contributed by atoms with van der Waals surface area (Å²) < 4.78 is 13.4. The molecule has 0 bridgehead atoms. The molecule has 1 N–H and O–H groups in total. The van der Waals surface area contributed by atoms with Crippen LogP contribution in [-0.4, -0.2) is 4.92 Å². The lowest BCUT2D eigenvalue weighted by molar-refractivity contribution is -0.384. The molecule has 0 saturated heterocycles. The van der Waals surface area contributed by atoms with Gasteiger partial charge < -0.3 is 5.32 Å². The molecule has 0 heterocycles. The van der Waals surface area contributed by atoms with E-state index in [9.17, 15) is 14.5 Å². The molecule has 0 fully saturated rings. The fourth-order valence-corrected chi connectivity index (χ4v) is 1.98. The van der Waals surface area contributed by atoms with E-state index in [2.05, 4.69) is 5.32 Å². The van der Waals surface area contributed by atoms with Gasteiger partial charge in [0.1, 0.15) is 10.8 Å². The fourth-order valence-electron chi connectivity index (χ4n) is 1.79. The van der Waals surface area contributed by atoms with Crippen LogP contribution in [0.3, 0.4) is 0 Å². The molecule has 0 spiro atoms. The second-order valence-electron chi connectivity index (χ2n) is 4.24. The Labute approximate surface area is 120 Å². The third kappa shape index (κ3) is 3.53. The lowest BCUT2D eigenvalue weighted by Crippen LogP contribution is -2.13. The normalized spacial score (nSPS) is 10.5. The molecule has 2 aromatic rings. The maximum absolute atomic E-state index is 13.4. The number of rotatable bonds is 5. The van der Waals surface area contributed by atoms with Gasteiger partial charge in [0.2, 0.25) is 0 Å². The van der Waals surface area contributed by atoms with E-state index < -0.39 is 4.92 Å². The topological polar surface area (TPSA) is 55.2 Å². The third-order valence-corrected chi connectivity index (χ3v) is 3.13. The van der Waals surface area contributed by atoms with Gasteiger partial charge in [-0.3, -0.25) is 10.1 Å². The van der Waals surface area contributed by atoms with E-state index in [1.165, 1.54) is 18.2 Å². The average molecular weight is 295 g/mol. The highest BCUT2D eigenvalue weighted by Crippen LogP contribution is 2.25. The maximum atomic E-state index is 13.4. The second kappa shape index (κ2) is 6.45. The first-order valence-corrected chi connectivity index (χ1v) is 6.32. The van der Waals surface area contributed by atoms with Gasteiger partial charge in [-0.25, -0.2) is 4.39 Å². The first-order valence-electron chi connectivity index (χ1n) is 5.95. The Morgan fingerprint density at radius 1 is 1.20 bits per heavy atom. The van der Waals surface area contributed by atoms with Crippen molar-refractivity contribution in [2.75, 3.05) is 0 Å². The molecule has 20 heavy (non-hydrogen) atoms. The molecule has 4 nitrogen and oxygen atoms in total. The van der Waals surface area contributed by atoms with Crippen LogP contribution in [-0.2, 0) is 13.1 Å². The zero-order chi connectivity index (χ0) is 14.5. The first kappa shape index (κ1) is 14.4. The van der Waals surface area contributed by atoms with Gasteiger partial charge in [-0.1, -0.05) is 35.9 Å². The molecule has 0 radical (unpaired) electrons. The fraction of sp³-hybridized carbons (Fsp3) is 0.143. The predicted molar refractivity (Wildman–Crippen MR) is 75.1 cm³/mol. The summed E-state index contributed by atoms with van der Waals surface area (Å²) in [6, 6.07) is 11.1. The van der Waals surface area contributed by atoms with Crippen LogP contribution in [0, 0.1) is 15.9 Å². The Bertz CT molecular complexity index is 634. The highest BCUT2D eigenvalue weighted by atomic mass is 35.5. The van der Waals surface area contributed by atoms with Crippen molar-refractivity contribution in [1.82, 2.24) is 5.32 Å². The number of hydrogen-bond donors (Lipinski definition) is 1. The van der Waals surface area contributed by atoms with Gasteiger partial charge in [0.15, 0.2) is 0 Å². The summed E-state index contributed by atoms with van der Waals surface area (Å²) in [6.45, 7) is 0.745. The summed E-state index contributed by atoms with van der Waals surface area (Å²) >= 11 is 5.73. The summed E-state index contributed by atoms with van der Waals surface area (Å²) in [5, 5.41) is 13.9. The standard InChI is InChI=1S/C14H12ClFN2O2/c15-12-6-5-10(7-14(12)18(19)20)8-17-9-11-3-1-2-4-13(11)16/h1-7,17H,8-9H2. The molecule has 0 aliphatic carbocycles. The van der Waals surface area contributed by atoms with E-state index in [1.54, 1.807) is 24.3 Å². The van der Waals surface area contributed by atoms with E-state index in [-0.39, 0.29) is 16.5 Å². The lowest BCUT2D eigenvalue weighted by Gasteiger charge is -2.06. The van der Waals surface area contributed by atoms with Crippen LogP contribution < -0.4 is 5.32 Å². The Morgan fingerprint density at radius 3 is 2.65 bits per heavy atom. The molecular weight excluding hydrogens is 283 g/mol. The molecule has 0 amide bonds. The van der Waals surface area contributed by atoms with Crippen LogP contribution in [0.1, 0.15) is 11.1 Å². The zero-order valence-electron chi connectivity index (χ0n) is 10.5. The van der Waals surface area contributed by atoms with Gasteiger partial charge in [0.25, 0.3) is 5.69 Å². The quantitative estimate of drug-likeness (QED) is 0.676. The molecule has 0 atom stereocenters. The van der Waals surface area contributed by atoms with Gasteiger partial charge in [-0.15, -0.1) is 0 Å². The number of benzene rings is 2. The van der Waals surface area contributed by atoms with Crippen molar-refractivity contribution in [3.8, 4) is 0 Å². The van der Waals surface area contributed by atoms with Crippen molar-refractivity contribution >= 4 is 17.3 Å². The Hall–Kier alpha value is -1.98. The number of nitro groups is 1. The molecule has 104 valence electrons. The highest BCUT2D eigenvalue weighted by Gasteiger charge is 2.12. The van der Waals surface area contributed by atoms with Gasteiger partial charge in [-0.2, -0.15) is 0 Å². The lowest BCUT2D eigenvalue weighted by atomic mass is 10.2. The van der Waals surface area contributed by atoms with Gasteiger partial charge in [0, 0.05) is 24.7 Å². The Balaban J connectivity index is 2.00. The first-order chi connectivity index (χ1) is 9.58. The maximum Gasteiger partial charge on any atom is 0.288 e.